The third-order valence-corrected chi connectivity index (χ3v) is 6.08. The molecule has 0 fully saturated rings. The van der Waals surface area contributed by atoms with Crippen molar-refractivity contribution in [1.82, 2.24) is 5.32 Å². The van der Waals surface area contributed by atoms with Gasteiger partial charge in [-0.2, -0.15) is 0 Å². The number of carbonyl (C=O) groups is 1. The summed E-state index contributed by atoms with van der Waals surface area (Å²) in [5, 5.41) is 7.79. The summed E-state index contributed by atoms with van der Waals surface area (Å²) in [6.45, 7) is 4.25. The zero-order valence-corrected chi connectivity index (χ0v) is 19.5. The van der Waals surface area contributed by atoms with Crippen LogP contribution in [0.5, 0.6) is 0 Å². The van der Waals surface area contributed by atoms with Gasteiger partial charge in [0.15, 0.2) is 5.11 Å². The second kappa shape index (κ2) is 11.6. The predicted octanol–water partition coefficient (Wildman–Crippen LogP) is 5.82. The van der Waals surface area contributed by atoms with E-state index in [9.17, 15) is 4.79 Å². The standard InChI is InChI=1S/C25H28N2O2S2/c1-3-29-24(28)22-17-21(16-20-12-8-5-9-13-20)31-23(22)27-25(30)26-18(2)14-15-19-10-6-4-7-11-19/h4-13,17-18H,3,14-16H2,1-2H3,(H2,26,27,30). The zero-order chi connectivity index (χ0) is 22.1. The Hall–Kier alpha value is -2.70. The van der Waals surface area contributed by atoms with Gasteiger partial charge >= 0.3 is 5.97 Å². The van der Waals surface area contributed by atoms with Crippen molar-refractivity contribution in [3.05, 3.63) is 88.3 Å². The molecule has 1 atom stereocenters. The van der Waals surface area contributed by atoms with E-state index in [-0.39, 0.29) is 12.0 Å². The number of hydrogen-bond donors (Lipinski definition) is 2. The number of anilines is 1. The van der Waals surface area contributed by atoms with Gasteiger partial charge in [0, 0.05) is 17.3 Å². The molecule has 0 saturated heterocycles. The van der Waals surface area contributed by atoms with Gasteiger partial charge in [-0.3, -0.25) is 0 Å². The third kappa shape index (κ3) is 7.19. The first-order valence-electron chi connectivity index (χ1n) is 10.5. The zero-order valence-electron chi connectivity index (χ0n) is 17.9. The second-order valence-electron chi connectivity index (χ2n) is 7.36. The van der Waals surface area contributed by atoms with Crippen molar-refractivity contribution in [2.45, 2.75) is 39.2 Å². The molecule has 6 heteroatoms. The summed E-state index contributed by atoms with van der Waals surface area (Å²) in [6, 6.07) is 22.7. The van der Waals surface area contributed by atoms with Crippen LogP contribution in [0.4, 0.5) is 5.00 Å². The first-order valence-corrected chi connectivity index (χ1v) is 11.7. The quantitative estimate of drug-likeness (QED) is 0.316. The first-order chi connectivity index (χ1) is 15.0. The number of carbonyl (C=O) groups excluding carboxylic acids is 1. The lowest BCUT2D eigenvalue weighted by molar-refractivity contribution is 0.0528. The van der Waals surface area contributed by atoms with Crippen molar-refractivity contribution < 1.29 is 9.53 Å². The van der Waals surface area contributed by atoms with Crippen LogP contribution in [0.15, 0.2) is 66.7 Å². The van der Waals surface area contributed by atoms with E-state index in [0.29, 0.717) is 17.3 Å². The maximum absolute atomic E-state index is 12.5. The summed E-state index contributed by atoms with van der Waals surface area (Å²) in [7, 11) is 0. The highest BCUT2D eigenvalue weighted by atomic mass is 32.1. The van der Waals surface area contributed by atoms with Crippen LogP contribution in [0.25, 0.3) is 0 Å². The molecule has 0 aliphatic heterocycles. The Morgan fingerprint density at radius 3 is 2.35 bits per heavy atom. The minimum absolute atomic E-state index is 0.204. The Morgan fingerprint density at radius 2 is 1.71 bits per heavy atom. The number of nitrogens with one attached hydrogen (secondary N) is 2. The van der Waals surface area contributed by atoms with Crippen LogP contribution in [0.3, 0.4) is 0 Å². The van der Waals surface area contributed by atoms with Gasteiger partial charge in [0.05, 0.1) is 12.2 Å². The molecule has 0 radical (unpaired) electrons. The summed E-state index contributed by atoms with van der Waals surface area (Å²) in [6.07, 6.45) is 2.69. The van der Waals surface area contributed by atoms with E-state index >= 15 is 0 Å². The van der Waals surface area contributed by atoms with Crippen LogP contribution in [0.2, 0.25) is 0 Å². The number of hydrogen-bond acceptors (Lipinski definition) is 4. The van der Waals surface area contributed by atoms with Gasteiger partial charge in [0.2, 0.25) is 0 Å². The average molecular weight is 453 g/mol. The van der Waals surface area contributed by atoms with E-state index in [1.165, 1.54) is 22.5 Å². The Morgan fingerprint density at radius 1 is 1.06 bits per heavy atom. The topological polar surface area (TPSA) is 50.4 Å². The number of esters is 1. The van der Waals surface area contributed by atoms with Gasteiger partial charge in [-0.1, -0.05) is 60.7 Å². The Kier molecular flexibility index (Phi) is 8.62. The molecule has 31 heavy (non-hydrogen) atoms. The summed E-state index contributed by atoms with van der Waals surface area (Å²) in [5.74, 6) is -0.333. The fourth-order valence-corrected chi connectivity index (χ4v) is 4.69. The van der Waals surface area contributed by atoms with E-state index < -0.39 is 0 Å². The van der Waals surface area contributed by atoms with Crippen molar-refractivity contribution in [3.8, 4) is 0 Å². The van der Waals surface area contributed by atoms with Crippen LogP contribution >= 0.6 is 23.6 Å². The van der Waals surface area contributed by atoms with E-state index in [2.05, 4.69) is 54.0 Å². The molecule has 1 heterocycles. The number of ether oxygens (including phenoxy) is 1. The molecule has 1 aromatic heterocycles. The molecular weight excluding hydrogens is 424 g/mol. The molecule has 3 rings (SSSR count). The largest absolute Gasteiger partial charge is 0.462 e. The van der Waals surface area contributed by atoms with Crippen LogP contribution in [-0.2, 0) is 17.6 Å². The van der Waals surface area contributed by atoms with E-state index in [1.807, 2.05) is 37.3 Å². The highest BCUT2D eigenvalue weighted by Crippen LogP contribution is 2.30. The van der Waals surface area contributed by atoms with Gasteiger partial charge in [0.25, 0.3) is 0 Å². The molecule has 0 aliphatic carbocycles. The van der Waals surface area contributed by atoms with Gasteiger partial charge < -0.3 is 15.4 Å². The van der Waals surface area contributed by atoms with Crippen LogP contribution in [0, 0.1) is 0 Å². The number of rotatable bonds is 9. The van der Waals surface area contributed by atoms with E-state index in [0.717, 1.165) is 29.1 Å². The highest BCUT2D eigenvalue weighted by Gasteiger charge is 2.19. The number of aryl methyl sites for hydroxylation is 1. The summed E-state index contributed by atoms with van der Waals surface area (Å²) in [4.78, 5) is 13.6. The van der Waals surface area contributed by atoms with Gasteiger partial charge in [-0.05, 0) is 56.1 Å². The Bertz CT molecular complexity index is 987. The SMILES string of the molecule is CCOC(=O)c1cc(Cc2ccccc2)sc1NC(=S)NC(C)CCc1ccccc1. The molecule has 2 aromatic carbocycles. The van der Waals surface area contributed by atoms with E-state index in [4.69, 9.17) is 17.0 Å². The van der Waals surface area contributed by atoms with Gasteiger partial charge in [0.1, 0.15) is 5.00 Å². The smallest absolute Gasteiger partial charge is 0.341 e. The maximum Gasteiger partial charge on any atom is 0.341 e. The van der Waals surface area contributed by atoms with Gasteiger partial charge in [-0.15, -0.1) is 11.3 Å². The average Bonchev–Trinajstić information content (AvgIpc) is 3.16. The van der Waals surface area contributed by atoms with E-state index in [1.54, 1.807) is 0 Å². The minimum atomic E-state index is -0.333. The summed E-state index contributed by atoms with van der Waals surface area (Å²) >= 11 is 7.06. The minimum Gasteiger partial charge on any atom is -0.462 e. The molecule has 0 spiro atoms. The normalized spacial score (nSPS) is 11.5. The fourth-order valence-electron chi connectivity index (χ4n) is 3.24. The molecule has 0 aliphatic rings. The molecule has 2 N–H and O–H groups in total. The fraction of sp³-hybridized carbons (Fsp3) is 0.280. The molecule has 4 nitrogen and oxygen atoms in total. The van der Waals surface area contributed by atoms with Crippen molar-refractivity contribution in [2.24, 2.45) is 0 Å². The van der Waals surface area contributed by atoms with Crippen LogP contribution in [-0.4, -0.2) is 23.7 Å². The predicted molar refractivity (Wildman–Crippen MR) is 133 cm³/mol. The number of benzene rings is 2. The monoisotopic (exact) mass is 452 g/mol. The van der Waals surface area contributed by atoms with Gasteiger partial charge in [-0.25, -0.2) is 4.79 Å². The second-order valence-corrected chi connectivity index (χ2v) is 8.91. The number of thiophene rings is 1. The third-order valence-electron chi connectivity index (χ3n) is 4.81. The highest BCUT2D eigenvalue weighted by molar-refractivity contribution is 7.80. The molecule has 162 valence electrons. The lowest BCUT2D eigenvalue weighted by Crippen LogP contribution is -2.36. The van der Waals surface area contributed by atoms with Crippen LogP contribution < -0.4 is 10.6 Å². The Labute approximate surface area is 193 Å². The first kappa shape index (κ1) is 23.0. The van der Waals surface area contributed by atoms with Crippen molar-refractivity contribution in [1.29, 1.82) is 0 Å². The molecule has 1 unspecified atom stereocenters. The summed E-state index contributed by atoms with van der Waals surface area (Å²) in [5.41, 5.74) is 3.03. The lowest BCUT2D eigenvalue weighted by atomic mass is 10.1. The number of thiocarbonyl (C=S) groups is 1. The Balaban J connectivity index is 1.63. The molecule has 0 bridgehead atoms. The molecule has 0 saturated carbocycles. The van der Waals surface area contributed by atoms with Crippen molar-refractivity contribution in [2.75, 3.05) is 11.9 Å². The lowest BCUT2D eigenvalue weighted by Gasteiger charge is -2.17. The molecule has 3 aromatic rings. The van der Waals surface area contributed by atoms with Crippen molar-refractivity contribution >= 4 is 39.6 Å². The van der Waals surface area contributed by atoms with Crippen LogP contribution in [0.1, 0.15) is 46.6 Å². The maximum atomic E-state index is 12.5. The molecule has 0 amide bonds. The van der Waals surface area contributed by atoms with Crippen molar-refractivity contribution in [3.63, 3.8) is 0 Å². The molecular formula is C25H28N2O2S2. The summed E-state index contributed by atoms with van der Waals surface area (Å²) < 4.78 is 5.25.